The number of carboxylic acid groups (broad SMARTS) is 2. The lowest BCUT2D eigenvalue weighted by atomic mass is 9.80. The molecule has 0 aromatic rings. The van der Waals surface area contributed by atoms with Gasteiger partial charge in [0.15, 0.2) is 0 Å². The van der Waals surface area contributed by atoms with Gasteiger partial charge in [-0.25, -0.2) is 4.79 Å². The molecule has 0 heterocycles. The number of allylic oxidation sites excluding steroid dienone is 2. The van der Waals surface area contributed by atoms with Crippen molar-refractivity contribution in [2.24, 2.45) is 5.41 Å². The third-order valence-corrected chi connectivity index (χ3v) is 5.79. The number of carboxylic acids is 2. The van der Waals surface area contributed by atoms with Crippen LogP contribution < -0.4 is 0 Å². The Balaban J connectivity index is 0.000000579. The highest BCUT2D eigenvalue weighted by atomic mass is 16.4. The molecule has 1 aliphatic rings. The summed E-state index contributed by atoms with van der Waals surface area (Å²) in [6, 6.07) is 0. The van der Waals surface area contributed by atoms with Crippen LogP contribution in [-0.2, 0) is 9.59 Å². The fourth-order valence-corrected chi connectivity index (χ4v) is 3.63. The minimum absolute atomic E-state index is 0.0359. The standard InChI is InChI=1S/C17H36.C9H10O4/c1-3-5-7-9-11-13-15-17-16-14-12-10-8-6-4-2;1-9(8(12)13)4-2-3-6(5-9)7(10)11/h3-17H2,1-2H3;2-4H,5H2,1H3,(H,10,11)(H,12,13). The van der Waals surface area contributed by atoms with Crippen LogP contribution in [0.15, 0.2) is 23.8 Å². The highest BCUT2D eigenvalue weighted by Gasteiger charge is 2.34. The molecule has 0 spiro atoms. The molecular formula is C26H46O4. The zero-order valence-corrected chi connectivity index (χ0v) is 19.8. The Morgan fingerprint density at radius 3 is 1.43 bits per heavy atom. The molecule has 0 saturated carbocycles. The minimum atomic E-state index is -1.08. The van der Waals surface area contributed by atoms with E-state index in [1.165, 1.54) is 121 Å². The molecule has 0 aromatic heterocycles. The fourth-order valence-electron chi connectivity index (χ4n) is 3.63. The number of rotatable bonds is 16. The quantitative estimate of drug-likeness (QED) is 0.248. The van der Waals surface area contributed by atoms with E-state index in [0.29, 0.717) is 0 Å². The van der Waals surface area contributed by atoms with Crippen LogP contribution in [0.3, 0.4) is 0 Å². The molecule has 0 amide bonds. The van der Waals surface area contributed by atoms with Crippen molar-refractivity contribution in [2.75, 3.05) is 0 Å². The van der Waals surface area contributed by atoms with Crippen LogP contribution in [0.1, 0.15) is 124 Å². The van der Waals surface area contributed by atoms with Crippen molar-refractivity contribution >= 4 is 11.9 Å². The van der Waals surface area contributed by atoms with Gasteiger partial charge in [0.05, 0.1) is 5.41 Å². The van der Waals surface area contributed by atoms with Gasteiger partial charge < -0.3 is 10.2 Å². The van der Waals surface area contributed by atoms with E-state index in [4.69, 9.17) is 10.2 Å². The predicted molar refractivity (Wildman–Crippen MR) is 126 cm³/mol. The number of carbonyl (C=O) groups is 2. The summed E-state index contributed by atoms with van der Waals surface area (Å²) >= 11 is 0. The van der Waals surface area contributed by atoms with Crippen LogP contribution in [0.25, 0.3) is 0 Å². The maximum absolute atomic E-state index is 10.8. The van der Waals surface area contributed by atoms with E-state index in [2.05, 4.69) is 13.8 Å². The van der Waals surface area contributed by atoms with Crippen molar-refractivity contribution in [3.63, 3.8) is 0 Å². The van der Waals surface area contributed by atoms with Gasteiger partial charge in [0.25, 0.3) is 0 Å². The average molecular weight is 423 g/mol. The molecule has 0 saturated heterocycles. The van der Waals surface area contributed by atoms with Crippen LogP contribution in [0, 0.1) is 5.41 Å². The monoisotopic (exact) mass is 422 g/mol. The lowest BCUT2D eigenvalue weighted by molar-refractivity contribution is -0.145. The molecule has 0 radical (unpaired) electrons. The third-order valence-electron chi connectivity index (χ3n) is 5.79. The van der Waals surface area contributed by atoms with Gasteiger partial charge in [-0.05, 0) is 13.3 Å². The molecule has 0 fully saturated rings. The van der Waals surface area contributed by atoms with Crippen molar-refractivity contribution in [3.05, 3.63) is 23.8 Å². The Kier molecular flexibility index (Phi) is 17.3. The van der Waals surface area contributed by atoms with E-state index in [1.54, 1.807) is 0 Å². The topological polar surface area (TPSA) is 74.6 Å². The van der Waals surface area contributed by atoms with Gasteiger partial charge in [-0.3, -0.25) is 4.79 Å². The molecule has 1 rings (SSSR count). The van der Waals surface area contributed by atoms with Crippen molar-refractivity contribution in [1.82, 2.24) is 0 Å². The Hall–Kier alpha value is -1.58. The van der Waals surface area contributed by atoms with E-state index in [1.807, 2.05) is 0 Å². The molecule has 0 aromatic carbocycles. The van der Waals surface area contributed by atoms with Crippen molar-refractivity contribution in [2.45, 2.75) is 124 Å². The maximum Gasteiger partial charge on any atom is 0.331 e. The Bertz CT molecular complexity index is 507. The van der Waals surface area contributed by atoms with Gasteiger partial charge in [0.2, 0.25) is 0 Å². The van der Waals surface area contributed by atoms with Gasteiger partial charge in [-0.2, -0.15) is 0 Å². The molecule has 30 heavy (non-hydrogen) atoms. The minimum Gasteiger partial charge on any atom is -0.481 e. The van der Waals surface area contributed by atoms with E-state index in [9.17, 15) is 9.59 Å². The van der Waals surface area contributed by atoms with Crippen LogP contribution >= 0.6 is 0 Å². The highest BCUT2D eigenvalue weighted by Crippen LogP contribution is 2.31. The first-order chi connectivity index (χ1) is 14.4. The Morgan fingerprint density at radius 1 is 0.767 bits per heavy atom. The molecule has 0 bridgehead atoms. The first-order valence-corrected chi connectivity index (χ1v) is 12.2. The number of hydrogen-bond donors (Lipinski definition) is 2. The van der Waals surface area contributed by atoms with Crippen LogP contribution in [0.4, 0.5) is 0 Å². The smallest absolute Gasteiger partial charge is 0.331 e. The molecule has 2 N–H and O–H groups in total. The normalized spacial score (nSPS) is 17.8. The van der Waals surface area contributed by atoms with Crippen LogP contribution in [0.5, 0.6) is 0 Å². The molecule has 1 aliphatic carbocycles. The van der Waals surface area contributed by atoms with E-state index < -0.39 is 17.4 Å². The van der Waals surface area contributed by atoms with Gasteiger partial charge in [0.1, 0.15) is 0 Å². The van der Waals surface area contributed by atoms with Crippen molar-refractivity contribution < 1.29 is 19.8 Å². The summed E-state index contributed by atoms with van der Waals surface area (Å²) in [7, 11) is 0. The molecule has 1 unspecified atom stereocenters. The van der Waals surface area contributed by atoms with E-state index >= 15 is 0 Å². The zero-order chi connectivity index (χ0) is 22.7. The maximum atomic E-state index is 10.8. The van der Waals surface area contributed by atoms with Gasteiger partial charge in [0, 0.05) is 5.57 Å². The number of hydrogen-bond acceptors (Lipinski definition) is 2. The van der Waals surface area contributed by atoms with Crippen LogP contribution in [-0.4, -0.2) is 22.2 Å². The first kappa shape index (κ1) is 28.4. The second-order valence-electron chi connectivity index (χ2n) is 8.85. The molecule has 174 valence electrons. The summed E-state index contributed by atoms with van der Waals surface area (Å²) < 4.78 is 0. The second-order valence-corrected chi connectivity index (χ2v) is 8.85. The summed E-state index contributed by atoms with van der Waals surface area (Å²) in [4.78, 5) is 21.3. The molecule has 4 heteroatoms. The predicted octanol–water partition coefficient (Wildman–Crippen LogP) is 7.93. The molecular weight excluding hydrogens is 376 g/mol. The fraction of sp³-hybridized carbons (Fsp3) is 0.769. The van der Waals surface area contributed by atoms with Crippen molar-refractivity contribution in [1.29, 1.82) is 0 Å². The molecule has 4 nitrogen and oxygen atoms in total. The first-order valence-electron chi connectivity index (χ1n) is 12.2. The lowest BCUT2D eigenvalue weighted by Crippen LogP contribution is -2.28. The largest absolute Gasteiger partial charge is 0.481 e. The lowest BCUT2D eigenvalue weighted by Gasteiger charge is -2.23. The Labute approximate surface area is 184 Å². The third kappa shape index (κ3) is 14.4. The summed E-state index contributed by atoms with van der Waals surface area (Å²) in [5.74, 6) is -2.06. The summed E-state index contributed by atoms with van der Waals surface area (Å²) in [6.07, 6.45) is 26.4. The van der Waals surface area contributed by atoms with E-state index in [-0.39, 0.29) is 12.0 Å². The van der Waals surface area contributed by atoms with Crippen molar-refractivity contribution in [3.8, 4) is 0 Å². The SMILES string of the molecule is CC1(C(=O)O)C=CC=C(C(=O)O)C1.CCCCCCCCCCCCCCCCC. The second kappa shape index (κ2) is 18.2. The zero-order valence-electron chi connectivity index (χ0n) is 19.8. The van der Waals surface area contributed by atoms with E-state index in [0.717, 1.165) is 0 Å². The van der Waals surface area contributed by atoms with Gasteiger partial charge in [-0.1, -0.05) is 128 Å². The summed E-state index contributed by atoms with van der Waals surface area (Å²) in [6.45, 7) is 6.09. The average Bonchev–Trinajstić information content (AvgIpc) is 2.72. The molecule has 1 atom stereocenters. The van der Waals surface area contributed by atoms with Gasteiger partial charge >= 0.3 is 11.9 Å². The highest BCUT2D eigenvalue weighted by molar-refractivity contribution is 5.90. The van der Waals surface area contributed by atoms with Gasteiger partial charge in [-0.15, -0.1) is 0 Å². The summed E-state index contributed by atoms with van der Waals surface area (Å²) in [5.41, 5.74) is -0.949. The van der Waals surface area contributed by atoms with Crippen LogP contribution in [0.2, 0.25) is 0 Å². The Morgan fingerprint density at radius 2 is 1.13 bits per heavy atom. The number of unbranched alkanes of at least 4 members (excludes halogenated alkanes) is 14. The summed E-state index contributed by atoms with van der Waals surface area (Å²) in [5, 5.41) is 17.5. The molecule has 0 aliphatic heterocycles. The number of aliphatic carboxylic acids is 2.